The monoisotopic (exact) mass is 338 g/mol. The Kier molecular flexibility index (Phi) is 6.24. The quantitative estimate of drug-likeness (QED) is 0.785. The highest BCUT2D eigenvalue weighted by Crippen LogP contribution is 2.34. The van der Waals surface area contributed by atoms with Crippen molar-refractivity contribution in [3.63, 3.8) is 0 Å². The lowest BCUT2D eigenvalue weighted by Gasteiger charge is -2.29. The van der Waals surface area contributed by atoms with Gasteiger partial charge in [-0.1, -0.05) is 54.6 Å². The van der Waals surface area contributed by atoms with Gasteiger partial charge in [-0.15, -0.1) is 0 Å². The molecule has 1 unspecified atom stereocenters. The van der Waals surface area contributed by atoms with Crippen LogP contribution in [0.25, 0.3) is 0 Å². The summed E-state index contributed by atoms with van der Waals surface area (Å²) in [6.07, 6.45) is 4.80. The zero-order chi connectivity index (χ0) is 17.5. The molecule has 2 fully saturated rings. The van der Waals surface area contributed by atoms with E-state index in [1.54, 1.807) is 0 Å². The number of nitrogens with two attached hydrogens (primary N) is 1. The largest absolute Gasteiger partial charge is 0.396 e. The molecule has 134 valence electrons. The van der Waals surface area contributed by atoms with Crippen LogP contribution in [0.15, 0.2) is 54.6 Å². The summed E-state index contributed by atoms with van der Waals surface area (Å²) < 4.78 is 0. The van der Waals surface area contributed by atoms with E-state index in [0.29, 0.717) is 19.1 Å². The number of aliphatic hydroxyl groups excluding tert-OH is 1. The fraction of sp³-hybridized carbons (Fsp3) is 0.455. The van der Waals surface area contributed by atoms with Crippen molar-refractivity contribution in [2.24, 2.45) is 11.7 Å². The van der Waals surface area contributed by atoms with Crippen molar-refractivity contribution in [3.8, 4) is 0 Å². The topological polar surface area (TPSA) is 58.3 Å². The normalized spacial score (nSPS) is 22.3. The van der Waals surface area contributed by atoms with Crippen molar-refractivity contribution >= 4 is 0 Å². The van der Waals surface area contributed by atoms with E-state index in [1.807, 2.05) is 0 Å². The van der Waals surface area contributed by atoms with E-state index < -0.39 is 0 Å². The number of nitrogens with one attached hydrogen (secondary N) is 1. The number of rotatable bonds is 5. The van der Waals surface area contributed by atoms with Gasteiger partial charge in [-0.25, -0.2) is 0 Å². The molecule has 1 aliphatic heterocycles. The molecule has 2 aliphatic rings. The van der Waals surface area contributed by atoms with Crippen LogP contribution in [-0.2, 0) is 18.4 Å². The number of hydrogen-bond donors (Lipinski definition) is 3. The lowest BCUT2D eigenvalue weighted by molar-refractivity contribution is 0.277. The van der Waals surface area contributed by atoms with Gasteiger partial charge in [0.2, 0.25) is 0 Å². The first-order chi connectivity index (χ1) is 12.3. The van der Waals surface area contributed by atoms with Crippen LogP contribution in [-0.4, -0.2) is 24.8 Å². The molecule has 0 aromatic heterocycles. The summed E-state index contributed by atoms with van der Waals surface area (Å²) in [7, 11) is 0. The van der Waals surface area contributed by atoms with E-state index >= 15 is 0 Å². The Morgan fingerprint density at radius 1 is 1.04 bits per heavy atom. The molecule has 1 heterocycles. The molecule has 0 bridgehead atoms. The molecule has 2 aromatic carbocycles. The lowest BCUT2D eigenvalue weighted by Crippen LogP contribution is -2.31. The highest BCUT2D eigenvalue weighted by molar-refractivity contribution is 5.34. The van der Waals surface area contributed by atoms with Crippen LogP contribution in [0.5, 0.6) is 0 Å². The number of aliphatic hydroxyl groups is 1. The third kappa shape index (κ3) is 4.91. The molecular weight excluding hydrogens is 308 g/mol. The fourth-order valence-corrected chi connectivity index (χ4v) is 3.56. The molecule has 0 radical (unpaired) electrons. The SMILES string of the molecule is NCc1cccc(C2(Cc3ccccc3)CCNC2)c1.OCC1CC1. The van der Waals surface area contributed by atoms with Crippen molar-refractivity contribution in [1.29, 1.82) is 0 Å². The van der Waals surface area contributed by atoms with Crippen LogP contribution in [0.3, 0.4) is 0 Å². The van der Waals surface area contributed by atoms with Gasteiger partial charge in [-0.3, -0.25) is 0 Å². The zero-order valence-electron chi connectivity index (χ0n) is 15.0. The van der Waals surface area contributed by atoms with Gasteiger partial charge in [0.25, 0.3) is 0 Å². The van der Waals surface area contributed by atoms with Crippen LogP contribution in [0.2, 0.25) is 0 Å². The zero-order valence-corrected chi connectivity index (χ0v) is 15.0. The van der Waals surface area contributed by atoms with E-state index in [-0.39, 0.29) is 5.41 Å². The van der Waals surface area contributed by atoms with E-state index in [0.717, 1.165) is 19.5 Å². The first-order valence-corrected chi connectivity index (χ1v) is 9.41. The highest BCUT2D eigenvalue weighted by Gasteiger charge is 2.35. The summed E-state index contributed by atoms with van der Waals surface area (Å²) in [6, 6.07) is 19.6. The van der Waals surface area contributed by atoms with E-state index in [4.69, 9.17) is 10.8 Å². The Hall–Kier alpha value is -1.68. The molecule has 0 spiro atoms. The Balaban J connectivity index is 0.000000314. The second-order valence-corrected chi connectivity index (χ2v) is 7.40. The van der Waals surface area contributed by atoms with Gasteiger partial charge >= 0.3 is 0 Å². The summed E-state index contributed by atoms with van der Waals surface area (Å²) in [5, 5.41) is 11.7. The van der Waals surface area contributed by atoms with Crippen LogP contribution in [0.1, 0.15) is 36.0 Å². The molecule has 25 heavy (non-hydrogen) atoms. The maximum Gasteiger partial charge on any atom is 0.0459 e. The van der Waals surface area contributed by atoms with Gasteiger partial charge in [0.05, 0.1) is 0 Å². The standard InChI is InChI=1S/C18H22N2.C4H8O/c19-13-16-7-4-8-17(11-16)18(9-10-20-14-18)12-15-5-2-1-3-6-15;5-3-4-1-2-4/h1-8,11,20H,9-10,12-14,19H2;4-5H,1-3H2. The van der Waals surface area contributed by atoms with Crippen LogP contribution < -0.4 is 11.1 Å². The van der Waals surface area contributed by atoms with Crippen molar-refractivity contribution in [1.82, 2.24) is 5.32 Å². The number of benzene rings is 2. The van der Waals surface area contributed by atoms with Crippen molar-refractivity contribution in [2.75, 3.05) is 19.7 Å². The summed E-state index contributed by atoms with van der Waals surface area (Å²) in [6.45, 7) is 3.18. The van der Waals surface area contributed by atoms with Gasteiger partial charge < -0.3 is 16.2 Å². The average Bonchev–Trinajstić information content (AvgIpc) is 3.41. The fourth-order valence-electron chi connectivity index (χ4n) is 3.56. The lowest BCUT2D eigenvalue weighted by atomic mass is 9.74. The second-order valence-electron chi connectivity index (χ2n) is 7.40. The average molecular weight is 338 g/mol. The molecular formula is C22H30N2O. The van der Waals surface area contributed by atoms with Gasteiger partial charge in [0, 0.05) is 25.1 Å². The molecule has 1 atom stereocenters. The van der Waals surface area contributed by atoms with Crippen molar-refractivity contribution < 1.29 is 5.11 Å². The van der Waals surface area contributed by atoms with Gasteiger partial charge in [0.15, 0.2) is 0 Å². The van der Waals surface area contributed by atoms with Crippen LogP contribution >= 0.6 is 0 Å². The first-order valence-electron chi connectivity index (χ1n) is 9.41. The highest BCUT2D eigenvalue weighted by atomic mass is 16.3. The Bertz CT molecular complexity index is 646. The smallest absolute Gasteiger partial charge is 0.0459 e. The van der Waals surface area contributed by atoms with Gasteiger partial charge in [0.1, 0.15) is 0 Å². The minimum Gasteiger partial charge on any atom is -0.396 e. The predicted octanol–water partition coefficient (Wildman–Crippen LogP) is 3.01. The van der Waals surface area contributed by atoms with Crippen molar-refractivity contribution in [3.05, 3.63) is 71.3 Å². The first kappa shape index (κ1) is 18.1. The number of hydrogen-bond acceptors (Lipinski definition) is 3. The summed E-state index contributed by atoms with van der Waals surface area (Å²) in [5.41, 5.74) is 10.1. The van der Waals surface area contributed by atoms with Crippen LogP contribution in [0.4, 0.5) is 0 Å². The van der Waals surface area contributed by atoms with E-state index in [2.05, 4.69) is 59.9 Å². The van der Waals surface area contributed by atoms with Gasteiger partial charge in [-0.05, 0) is 54.8 Å². The Morgan fingerprint density at radius 2 is 1.80 bits per heavy atom. The van der Waals surface area contributed by atoms with E-state index in [1.165, 1.54) is 36.0 Å². The molecule has 1 saturated carbocycles. The minimum absolute atomic E-state index is 0.215. The second kappa shape index (κ2) is 8.61. The third-order valence-corrected chi connectivity index (χ3v) is 5.36. The van der Waals surface area contributed by atoms with Gasteiger partial charge in [-0.2, -0.15) is 0 Å². The third-order valence-electron chi connectivity index (χ3n) is 5.36. The molecule has 1 aliphatic carbocycles. The summed E-state index contributed by atoms with van der Waals surface area (Å²) >= 11 is 0. The Labute approximate surface area is 151 Å². The molecule has 1 saturated heterocycles. The summed E-state index contributed by atoms with van der Waals surface area (Å²) in [4.78, 5) is 0. The minimum atomic E-state index is 0.215. The molecule has 3 heteroatoms. The van der Waals surface area contributed by atoms with Crippen LogP contribution in [0, 0.1) is 5.92 Å². The van der Waals surface area contributed by atoms with E-state index in [9.17, 15) is 0 Å². The molecule has 0 amide bonds. The molecule has 4 N–H and O–H groups in total. The Morgan fingerprint density at radius 3 is 2.36 bits per heavy atom. The predicted molar refractivity (Wildman–Crippen MR) is 103 cm³/mol. The molecule has 3 nitrogen and oxygen atoms in total. The molecule has 2 aromatic rings. The maximum atomic E-state index is 8.21. The van der Waals surface area contributed by atoms with Crippen molar-refractivity contribution in [2.45, 2.75) is 37.6 Å². The molecule has 4 rings (SSSR count). The summed E-state index contributed by atoms with van der Waals surface area (Å²) in [5.74, 6) is 0.690. The maximum absolute atomic E-state index is 8.21.